The van der Waals surface area contributed by atoms with Gasteiger partial charge >= 0.3 is 0 Å². The summed E-state index contributed by atoms with van der Waals surface area (Å²) in [6.45, 7) is 0.411. The lowest BCUT2D eigenvalue weighted by Crippen LogP contribution is -2.34. The van der Waals surface area contributed by atoms with E-state index in [1.807, 2.05) is 43.3 Å². The molecule has 0 aliphatic carbocycles. The van der Waals surface area contributed by atoms with Crippen molar-refractivity contribution < 1.29 is 4.79 Å². The summed E-state index contributed by atoms with van der Waals surface area (Å²) in [5.74, 6) is -0.245. The van der Waals surface area contributed by atoms with Crippen LogP contribution in [0.25, 0.3) is 0 Å². The molecule has 2 aromatic carbocycles. The van der Waals surface area contributed by atoms with Crippen LogP contribution in [0.3, 0.4) is 0 Å². The number of rotatable bonds is 5. The maximum Gasteiger partial charge on any atom is 0.252 e. The Bertz CT molecular complexity index is 704. The summed E-state index contributed by atoms with van der Waals surface area (Å²) in [5, 5.41) is 4.39. The van der Waals surface area contributed by atoms with Crippen molar-refractivity contribution in [3.8, 4) is 0 Å². The number of nitrogens with one attached hydrogen (secondary N) is 1. The summed E-state index contributed by atoms with van der Waals surface area (Å²) in [7, 11) is 3.88. The predicted molar refractivity (Wildman–Crippen MR) is 96.7 cm³/mol. The molecule has 1 atom stereocenters. The Morgan fingerprint density at radius 1 is 1.09 bits per heavy atom. The molecule has 23 heavy (non-hydrogen) atoms. The van der Waals surface area contributed by atoms with Crippen molar-refractivity contribution in [2.45, 2.75) is 6.04 Å². The van der Waals surface area contributed by atoms with Crippen molar-refractivity contribution in [1.82, 2.24) is 10.2 Å². The molecule has 0 spiro atoms. The summed E-state index contributed by atoms with van der Waals surface area (Å²) >= 11 is 18.2. The number of benzene rings is 2. The van der Waals surface area contributed by atoms with Crippen LogP contribution in [-0.4, -0.2) is 31.4 Å². The first-order chi connectivity index (χ1) is 10.9. The Balaban J connectivity index is 2.13. The fourth-order valence-electron chi connectivity index (χ4n) is 2.27. The van der Waals surface area contributed by atoms with E-state index < -0.39 is 0 Å². The average Bonchev–Trinajstić information content (AvgIpc) is 2.48. The number of nitrogens with zero attached hydrogens (tertiary/aromatic N) is 1. The number of halogens is 3. The van der Waals surface area contributed by atoms with Crippen LogP contribution in [0.5, 0.6) is 0 Å². The molecular formula is C17H17Cl3N2O. The van der Waals surface area contributed by atoms with E-state index >= 15 is 0 Å². The van der Waals surface area contributed by atoms with Gasteiger partial charge in [0, 0.05) is 16.6 Å². The monoisotopic (exact) mass is 370 g/mol. The third-order valence-corrected chi connectivity index (χ3v) is 4.41. The van der Waals surface area contributed by atoms with E-state index in [1.54, 1.807) is 18.2 Å². The second-order valence-corrected chi connectivity index (χ2v) is 6.59. The molecule has 0 heterocycles. The molecule has 6 heteroatoms. The lowest BCUT2D eigenvalue weighted by Gasteiger charge is -2.26. The van der Waals surface area contributed by atoms with Crippen LogP contribution in [0.4, 0.5) is 0 Å². The molecule has 2 aromatic rings. The topological polar surface area (TPSA) is 32.3 Å². The molecule has 2 rings (SSSR count). The Kier molecular flexibility index (Phi) is 6.31. The van der Waals surface area contributed by atoms with Crippen molar-refractivity contribution in [1.29, 1.82) is 0 Å². The van der Waals surface area contributed by atoms with Gasteiger partial charge in [-0.05, 0) is 43.9 Å². The second-order valence-electron chi connectivity index (χ2n) is 5.34. The lowest BCUT2D eigenvalue weighted by molar-refractivity contribution is 0.0942. The van der Waals surface area contributed by atoms with E-state index in [1.165, 1.54) is 0 Å². The summed E-state index contributed by atoms with van der Waals surface area (Å²) < 4.78 is 0. The largest absolute Gasteiger partial charge is 0.350 e. The summed E-state index contributed by atoms with van der Waals surface area (Å²) in [4.78, 5) is 14.3. The normalized spacial score (nSPS) is 12.3. The molecule has 1 unspecified atom stereocenters. The van der Waals surface area contributed by atoms with E-state index in [0.717, 1.165) is 5.56 Å². The van der Waals surface area contributed by atoms with E-state index in [-0.39, 0.29) is 11.9 Å². The van der Waals surface area contributed by atoms with Crippen LogP contribution in [0, 0.1) is 0 Å². The molecule has 0 fully saturated rings. The first-order valence-electron chi connectivity index (χ1n) is 7.04. The SMILES string of the molecule is CN(C)C(CNC(=O)c1ccc(Cl)cc1Cl)c1ccccc1Cl. The molecule has 0 bridgehead atoms. The minimum absolute atomic E-state index is 0.0428. The molecule has 0 saturated heterocycles. The predicted octanol–water partition coefficient (Wildman–Crippen LogP) is 4.68. The van der Waals surface area contributed by atoms with Gasteiger partial charge in [0.15, 0.2) is 0 Å². The van der Waals surface area contributed by atoms with E-state index in [0.29, 0.717) is 27.2 Å². The maximum absolute atomic E-state index is 12.3. The van der Waals surface area contributed by atoms with Crippen LogP contribution in [0.15, 0.2) is 42.5 Å². The van der Waals surface area contributed by atoms with Crippen molar-refractivity contribution in [2.24, 2.45) is 0 Å². The molecule has 0 aliphatic rings. The number of hydrogen-bond acceptors (Lipinski definition) is 2. The molecule has 1 amide bonds. The maximum atomic E-state index is 12.3. The fraction of sp³-hybridized carbons (Fsp3) is 0.235. The number of likely N-dealkylation sites (N-methyl/N-ethyl adjacent to an activating group) is 1. The minimum Gasteiger partial charge on any atom is -0.350 e. The van der Waals surface area contributed by atoms with Crippen LogP contribution in [0.1, 0.15) is 22.0 Å². The number of amides is 1. The molecule has 3 nitrogen and oxygen atoms in total. The van der Waals surface area contributed by atoms with Gasteiger partial charge in [-0.15, -0.1) is 0 Å². The van der Waals surface area contributed by atoms with Gasteiger partial charge in [-0.3, -0.25) is 4.79 Å². The van der Waals surface area contributed by atoms with Gasteiger partial charge in [-0.25, -0.2) is 0 Å². The summed E-state index contributed by atoms with van der Waals surface area (Å²) in [6, 6.07) is 12.4. The van der Waals surface area contributed by atoms with Gasteiger partial charge in [-0.1, -0.05) is 53.0 Å². The standard InChI is InChI=1S/C17H17Cl3N2O/c1-22(2)16(12-5-3-4-6-14(12)19)10-21-17(23)13-8-7-11(18)9-15(13)20/h3-9,16H,10H2,1-2H3,(H,21,23). The smallest absolute Gasteiger partial charge is 0.252 e. The molecular weight excluding hydrogens is 355 g/mol. The summed E-state index contributed by atoms with van der Waals surface area (Å²) in [6.07, 6.45) is 0. The Hall–Kier alpha value is -1.26. The summed E-state index contributed by atoms with van der Waals surface area (Å²) in [5.41, 5.74) is 1.36. The van der Waals surface area contributed by atoms with E-state index in [4.69, 9.17) is 34.8 Å². The molecule has 0 aliphatic heterocycles. The highest BCUT2D eigenvalue weighted by atomic mass is 35.5. The van der Waals surface area contributed by atoms with Crippen LogP contribution >= 0.6 is 34.8 Å². The van der Waals surface area contributed by atoms with Gasteiger partial charge in [0.1, 0.15) is 0 Å². The molecule has 1 N–H and O–H groups in total. The van der Waals surface area contributed by atoms with Crippen molar-refractivity contribution in [3.05, 3.63) is 68.7 Å². The Labute approximate surface area is 151 Å². The zero-order valence-electron chi connectivity index (χ0n) is 12.8. The first-order valence-corrected chi connectivity index (χ1v) is 8.17. The van der Waals surface area contributed by atoms with Gasteiger partial charge in [-0.2, -0.15) is 0 Å². The zero-order valence-corrected chi connectivity index (χ0v) is 15.1. The second kappa shape index (κ2) is 8.02. The van der Waals surface area contributed by atoms with Crippen molar-refractivity contribution in [3.63, 3.8) is 0 Å². The third kappa shape index (κ3) is 4.61. The molecule has 0 saturated carbocycles. The van der Waals surface area contributed by atoms with Gasteiger partial charge in [0.25, 0.3) is 5.91 Å². The highest BCUT2D eigenvalue weighted by molar-refractivity contribution is 6.36. The molecule has 122 valence electrons. The van der Waals surface area contributed by atoms with Crippen molar-refractivity contribution in [2.75, 3.05) is 20.6 Å². The van der Waals surface area contributed by atoms with Gasteiger partial charge < -0.3 is 10.2 Å². The highest BCUT2D eigenvalue weighted by Gasteiger charge is 2.19. The highest BCUT2D eigenvalue weighted by Crippen LogP contribution is 2.26. The van der Waals surface area contributed by atoms with E-state index in [9.17, 15) is 4.79 Å². The quantitative estimate of drug-likeness (QED) is 0.827. The number of carbonyl (C=O) groups is 1. The lowest BCUT2D eigenvalue weighted by atomic mass is 10.1. The molecule has 0 aromatic heterocycles. The van der Waals surface area contributed by atoms with Crippen LogP contribution < -0.4 is 5.32 Å². The van der Waals surface area contributed by atoms with Gasteiger partial charge in [0.2, 0.25) is 0 Å². The number of hydrogen-bond donors (Lipinski definition) is 1. The Morgan fingerprint density at radius 2 is 1.78 bits per heavy atom. The fourth-order valence-corrected chi connectivity index (χ4v) is 3.03. The van der Waals surface area contributed by atoms with Gasteiger partial charge in [0.05, 0.1) is 16.6 Å². The zero-order chi connectivity index (χ0) is 17.0. The average molecular weight is 372 g/mol. The minimum atomic E-state index is -0.245. The number of carbonyl (C=O) groups excluding carboxylic acids is 1. The van der Waals surface area contributed by atoms with E-state index in [2.05, 4.69) is 5.32 Å². The van der Waals surface area contributed by atoms with Crippen molar-refractivity contribution >= 4 is 40.7 Å². The van der Waals surface area contributed by atoms with Crippen LogP contribution in [-0.2, 0) is 0 Å². The first kappa shape index (κ1) is 18.1. The van der Waals surface area contributed by atoms with Crippen LogP contribution in [0.2, 0.25) is 15.1 Å². The third-order valence-electron chi connectivity index (χ3n) is 3.52. The molecule has 0 radical (unpaired) electrons. The Morgan fingerprint density at radius 3 is 2.39 bits per heavy atom.